The fraction of sp³-hybridized carbons (Fsp3) is 0.714. The minimum absolute atomic E-state index is 0.682. The highest BCUT2D eigenvalue weighted by molar-refractivity contribution is 5.38. The first-order chi connectivity index (χ1) is 8.80. The van der Waals surface area contributed by atoms with Crippen LogP contribution in [0.5, 0.6) is 5.88 Å². The maximum atomic E-state index is 5.57. The largest absolute Gasteiger partial charge is 0.478 e. The summed E-state index contributed by atoms with van der Waals surface area (Å²) in [5.74, 6) is 2.40. The van der Waals surface area contributed by atoms with E-state index in [4.69, 9.17) is 4.74 Å². The van der Waals surface area contributed by atoms with Gasteiger partial charge in [-0.15, -0.1) is 0 Å². The second-order valence-corrected chi connectivity index (χ2v) is 4.34. The summed E-state index contributed by atoms with van der Waals surface area (Å²) in [6, 6.07) is 1.89. The molecular formula is C14H25N3O. The number of aromatic nitrogens is 2. The van der Waals surface area contributed by atoms with Crippen molar-refractivity contribution < 1.29 is 4.74 Å². The van der Waals surface area contributed by atoms with Crippen molar-refractivity contribution in [1.29, 1.82) is 0 Å². The molecule has 4 heteroatoms. The van der Waals surface area contributed by atoms with E-state index in [1.807, 2.05) is 6.07 Å². The van der Waals surface area contributed by atoms with Crippen LogP contribution in [0, 0.1) is 0 Å². The molecule has 0 fully saturated rings. The predicted octanol–water partition coefficient (Wildman–Crippen LogP) is 3.43. The van der Waals surface area contributed by atoms with Gasteiger partial charge >= 0.3 is 0 Å². The van der Waals surface area contributed by atoms with Crippen molar-refractivity contribution in [2.75, 3.05) is 18.5 Å². The van der Waals surface area contributed by atoms with Gasteiger partial charge in [0.25, 0.3) is 0 Å². The fourth-order valence-corrected chi connectivity index (χ4v) is 1.59. The Morgan fingerprint density at radius 3 is 2.61 bits per heavy atom. The molecular weight excluding hydrogens is 226 g/mol. The van der Waals surface area contributed by atoms with Crippen molar-refractivity contribution in [2.45, 2.75) is 52.9 Å². The second-order valence-electron chi connectivity index (χ2n) is 4.34. The van der Waals surface area contributed by atoms with Gasteiger partial charge in [-0.2, -0.15) is 4.98 Å². The first-order valence-electron chi connectivity index (χ1n) is 7.04. The lowest BCUT2D eigenvalue weighted by Crippen LogP contribution is -2.07. The van der Waals surface area contributed by atoms with Crippen LogP contribution in [0.2, 0.25) is 0 Å². The Hall–Kier alpha value is -1.32. The Balaban J connectivity index is 2.58. The zero-order chi connectivity index (χ0) is 13.2. The molecule has 1 heterocycles. The number of hydrogen-bond donors (Lipinski definition) is 1. The molecule has 0 spiro atoms. The van der Waals surface area contributed by atoms with Crippen molar-refractivity contribution in [3.05, 3.63) is 11.9 Å². The van der Waals surface area contributed by atoms with Gasteiger partial charge in [0, 0.05) is 19.0 Å². The Morgan fingerprint density at radius 1 is 1.11 bits per heavy atom. The lowest BCUT2D eigenvalue weighted by atomic mass is 10.2. The highest BCUT2D eigenvalue weighted by Gasteiger charge is 2.03. The summed E-state index contributed by atoms with van der Waals surface area (Å²) in [6.45, 7) is 8.01. The van der Waals surface area contributed by atoms with Crippen molar-refractivity contribution in [1.82, 2.24) is 9.97 Å². The van der Waals surface area contributed by atoms with Crippen LogP contribution in [-0.4, -0.2) is 23.1 Å². The van der Waals surface area contributed by atoms with Gasteiger partial charge in [-0.05, 0) is 12.8 Å². The molecule has 0 atom stereocenters. The van der Waals surface area contributed by atoms with Crippen LogP contribution >= 0.6 is 0 Å². The van der Waals surface area contributed by atoms with Crippen molar-refractivity contribution in [3.8, 4) is 5.88 Å². The number of rotatable bonds is 9. The fourth-order valence-electron chi connectivity index (χ4n) is 1.59. The van der Waals surface area contributed by atoms with Crippen molar-refractivity contribution in [3.63, 3.8) is 0 Å². The number of anilines is 1. The van der Waals surface area contributed by atoms with Gasteiger partial charge in [0.05, 0.1) is 6.61 Å². The van der Waals surface area contributed by atoms with Gasteiger partial charge in [0.2, 0.25) is 5.88 Å². The Morgan fingerprint density at radius 2 is 1.94 bits per heavy atom. The van der Waals surface area contributed by atoms with Crippen LogP contribution in [0.15, 0.2) is 6.07 Å². The minimum Gasteiger partial charge on any atom is -0.478 e. The summed E-state index contributed by atoms with van der Waals surface area (Å²) in [4.78, 5) is 8.82. The molecule has 0 aliphatic heterocycles. The summed E-state index contributed by atoms with van der Waals surface area (Å²) in [6.07, 6.45) is 5.47. The van der Waals surface area contributed by atoms with Gasteiger partial charge in [0.15, 0.2) is 0 Å². The number of hydrogen-bond acceptors (Lipinski definition) is 4. The molecule has 102 valence electrons. The molecule has 18 heavy (non-hydrogen) atoms. The number of aryl methyl sites for hydroxylation is 1. The van der Waals surface area contributed by atoms with E-state index in [0.717, 1.165) is 31.0 Å². The molecule has 1 aromatic heterocycles. The molecule has 1 rings (SSSR count). The Bertz CT molecular complexity index is 342. The molecule has 4 nitrogen and oxygen atoms in total. The Kier molecular flexibility index (Phi) is 7.14. The highest BCUT2D eigenvalue weighted by Crippen LogP contribution is 2.14. The maximum Gasteiger partial charge on any atom is 0.218 e. The quantitative estimate of drug-likeness (QED) is 0.683. The minimum atomic E-state index is 0.682. The van der Waals surface area contributed by atoms with E-state index in [1.165, 1.54) is 19.3 Å². The van der Waals surface area contributed by atoms with Crippen LogP contribution in [0.3, 0.4) is 0 Å². The van der Waals surface area contributed by atoms with Gasteiger partial charge in [0.1, 0.15) is 11.6 Å². The summed E-state index contributed by atoms with van der Waals surface area (Å²) in [5, 5.41) is 3.34. The highest BCUT2D eigenvalue weighted by atomic mass is 16.5. The number of nitrogens with one attached hydrogen (secondary N) is 1. The third-order valence-corrected chi connectivity index (χ3v) is 2.61. The Labute approximate surface area is 110 Å². The summed E-state index contributed by atoms with van der Waals surface area (Å²) < 4.78 is 5.57. The van der Waals surface area contributed by atoms with E-state index in [-0.39, 0.29) is 0 Å². The molecule has 0 aliphatic rings. The predicted molar refractivity (Wildman–Crippen MR) is 75.2 cm³/mol. The molecule has 0 amide bonds. The summed E-state index contributed by atoms with van der Waals surface area (Å²) in [5.41, 5.74) is 0. The van der Waals surface area contributed by atoms with Gasteiger partial charge in [-0.1, -0.05) is 33.6 Å². The zero-order valence-electron chi connectivity index (χ0n) is 11.8. The maximum absolute atomic E-state index is 5.57. The van der Waals surface area contributed by atoms with Crippen LogP contribution in [0.25, 0.3) is 0 Å². The monoisotopic (exact) mass is 251 g/mol. The van der Waals surface area contributed by atoms with Crippen molar-refractivity contribution in [2.24, 2.45) is 0 Å². The molecule has 1 aromatic rings. The van der Waals surface area contributed by atoms with Crippen LogP contribution < -0.4 is 10.1 Å². The van der Waals surface area contributed by atoms with Gasteiger partial charge in [-0.25, -0.2) is 4.98 Å². The van der Waals surface area contributed by atoms with E-state index >= 15 is 0 Å². The molecule has 0 radical (unpaired) electrons. The first-order valence-corrected chi connectivity index (χ1v) is 7.04. The number of unbranched alkanes of at least 4 members (excludes halogenated alkanes) is 2. The standard InChI is InChI=1S/C14H25N3O/c1-4-7-8-9-15-13-11-14(18-10-5-2)17-12(6-3)16-13/h11H,4-10H2,1-3H3,(H,15,16,17). The third kappa shape index (κ3) is 5.34. The smallest absolute Gasteiger partial charge is 0.218 e. The summed E-state index contributed by atoms with van der Waals surface area (Å²) >= 11 is 0. The number of ether oxygens (including phenoxy) is 1. The lowest BCUT2D eigenvalue weighted by molar-refractivity contribution is 0.304. The average molecular weight is 251 g/mol. The van der Waals surface area contributed by atoms with Gasteiger partial charge in [-0.3, -0.25) is 0 Å². The normalized spacial score (nSPS) is 10.4. The van der Waals surface area contributed by atoms with E-state index in [0.29, 0.717) is 12.5 Å². The molecule has 1 N–H and O–H groups in total. The zero-order valence-corrected chi connectivity index (χ0v) is 11.8. The van der Waals surface area contributed by atoms with Crippen molar-refractivity contribution >= 4 is 5.82 Å². The van der Waals surface area contributed by atoms with Crippen LogP contribution in [-0.2, 0) is 6.42 Å². The van der Waals surface area contributed by atoms with E-state index in [1.54, 1.807) is 0 Å². The van der Waals surface area contributed by atoms with E-state index in [2.05, 4.69) is 36.1 Å². The van der Waals surface area contributed by atoms with Crippen LogP contribution in [0.4, 0.5) is 5.82 Å². The SMILES string of the molecule is CCCCCNc1cc(OCCC)nc(CC)n1. The van der Waals surface area contributed by atoms with Crippen LogP contribution in [0.1, 0.15) is 52.3 Å². The third-order valence-electron chi connectivity index (χ3n) is 2.61. The number of nitrogens with zero attached hydrogens (tertiary/aromatic N) is 2. The van der Waals surface area contributed by atoms with E-state index in [9.17, 15) is 0 Å². The summed E-state index contributed by atoms with van der Waals surface area (Å²) in [7, 11) is 0. The lowest BCUT2D eigenvalue weighted by Gasteiger charge is -2.09. The molecule has 0 saturated heterocycles. The second kappa shape index (κ2) is 8.72. The first kappa shape index (κ1) is 14.7. The molecule has 0 saturated carbocycles. The van der Waals surface area contributed by atoms with E-state index < -0.39 is 0 Å². The van der Waals surface area contributed by atoms with Gasteiger partial charge < -0.3 is 10.1 Å². The molecule has 0 aromatic carbocycles. The molecule has 0 bridgehead atoms. The molecule has 0 unspecified atom stereocenters. The average Bonchev–Trinajstić information content (AvgIpc) is 2.41. The molecule has 0 aliphatic carbocycles. The topological polar surface area (TPSA) is 47.0 Å².